The largest absolute Gasteiger partial charge is 0.476 e. The summed E-state index contributed by atoms with van der Waals surface area (Å²) in [7, 11) is 1.73. The summed E-state index contributed by atoms with van der Waals surface area (Å²) in [4.78, 5) is 16.9. The van der Waals surface area contributed by atoms with Gasteiger partial charge in [-0.05, 0) is 12.8 Å². The number of rotatable bonds is 3. The topological polar surface area (TPSA) is 62.7 Å². The lowest BCUT2D eigenvalue weighted by atomic mass is 10.1. The highest BCUT2D eigenvalue weighted by Gasteiger charge is 2.21. The van der Waals surface area contributed by atoms with Crippen LogP contribution in [0.4, 0.5) is 5.13 Å². The monoisotopic (exact) mass is 242 g/mol. The number of carboxylic acids is 1. The summed E-state index contributed by atoms with van der Waals surface area (Å²) in [6.45, 7) is 1.76. The second kappa shape index (κ2) is 4.80. The van der Waals surface area contributed by atoms with Gasteiger partial charge in [0, 0.05) is 25.6 Å². The van der Waals surface area contributed by atoms with E-state index in [0.717, 1.165) is 31.1 Å². The van der Waals surface area contributed by atoms with Crippen LogP contribution in [0.2, 0.25) is 0 Å². The van der Waals surface area contributed by atoms with Crippen LogP contribution in [0.1, 0.15) is 23.3 Å². The van der Waals surface area contributed by atoms with Crippen molar-refractivity contribution in [2.24, 2.45) is 0 Å². The maximum Gasteiger partial charge on any atom is 0.355 e. The number of hydrogen-bond donors (Lipinski definition) is 1. The summed E-state index contributed by atoms with van der Waals surface area (Å²) in [5.74, 6) is -0.964. The summed E-state index contributed by atoms with van der Waals surface area (Å²) in [6, 6.07) is 0. The molecule has 88 valence electrons. The molecule has 2 heterocycles. The third-order valence-electron chi connectivity index (χ3n) is 2.76. The van der Waals surface area contributed by atoms with E-state index in [1.165, 1.54) is 11.3 Å². The quantitative estimate of drug-likeness (QED) is 0.869. The Bertz CT molecular complexity index is 372. The van der Waals surface area contributed by atoms with Gasteiger partial charge in [0.15, 0.2) is 10.8 Å². The standard InChI is InChI=1S/C10H14N2O3S/c1-15-7-2-4-12(5-3-7)10-11-8(6-16-10)9(13)14/h6-7H,2-5H2,1H3,(H,13,14). The Hall–Kier alpha value is -1.14. The van der Waals surface area contributed by atoms with Crippen LogP contribution in [0.5, 0.6) is 0 Å². The fraction of sp³-hybridized carbons (Fsp3) is 0.600. The molecule has 1 fully saturated rings. The van der Waals surface area contributed by atoms with Crippen LogP contribution in [-0.4, -0.2) is 42.4 Å². The Morgan fingerprint density at radius 3 is 2.81 bits per heavy atom. The Kier molecular flexibility index (Phi) is 3.40. The third-order valence-corrected chi connectivity index (χ3v) is 3.66. The molecule has 0 radical (unpaired) electrons. The first-order chi connectivity index (χ1) is 7.70. The lowest BCUT2D eigenvalue weighted by Crippen LogP contribution is -2.36. The molecule has 1 N–H and O–H groups in total. The van der Waals surface area contributed by atoms with Crippen LogP contribution in [0.15, 0.2) is 5.38 Å². The number of piperidine rings is 1. The molecule has 1 aromatic rings. The van der Waals surface area contributed by atoms with Crippen LogP contribution in [0.3, 0.4) is 0 Å². The van der Waals surface area contributed by atoms with Gasteiger partial charge in [-0.25, -0.2) is 9.78 Å². The zero-order valence-corrected chi connectivity index (χ0v) is 9.87. The van der Waals surface area contributed by atoms with Crippen LogP contribution >= 0.6 is 11.3 Å². The van der Waals surface area contributed by atoms with Gasteiger partial charge in [0.1, 0.15) is 0 Å². The van der Waals surface area contributed by atoms with Crippen molar-refractivity contribution in [1.29, 1.82) is 0 Å². The van der Waals surface area contributed by atoms with Crippen molar-refractivity contribution in [2.45, 2.75) is 18.9 Å². The van der Waals surface area contributed by atoms with Crippen molar-refractivity contribution in [3.05, 3.63) is 11.1 Å². The molecule has 0 unspecified atom stereocenters. The van der Waals surface area contributed by atoms with Gasteiger partial charge in [-0.1, -0.05) is 0 Å². The maximum atomic E-state index is 10.7. The van der Waals surface area contributed by atoms with Crippen molar-refractivity contribution in [1.82, 2.24) is 4.98 Å². The van der Waals surface area contributed by atoms with E-state index in [1.54, 1.807) is 12.5 Å². The maximum absolute atomic E-state index is 10.7. The molecule has 0 aliphatic carbocycles. The number of aromatic nitrogens is 1. The minimum absolute atomic E-state index is 0.133. The normalized spacial score (nSPS) is 17.7. The molecule has 1 aliphatic heterocycles. The molecule has 0 bridgehead atoms. The molecule has 0 spiro atoms. The average Bonchev–Trinajstić information content (AvgIpc) is 2.78. The average molecular weight is 242 g/mol. The Morgan fingerprint density at radius 1 is 1.62 bits per heavy atom. The minimum atomic E-state index is -0.964. The van der Waals surface area contributed by atoms with Crippen LogP contribution in [0, 0.1) is 0 Å². The van der Waals surface area contributed by atoms with Gasteiger partial charge in [0.05, 0.1) is 6.10 Å². The Balaban J connectivity index is 2.00. The number of nitrogens with zero attached hydrogens (tertiary/aromatic N) is 2. The van der Waals surface area contributed by atoms with E-state index in [4.69, 9.17) is 9.84 Å². The summed E-state index contributed by atoms with van der Waals surface area (Å²) in [5.41, 5.74) is 0.133. The molecule has 0 saturated carbocycles. The number of carboxylic acid groups (broad SMARTS) is 1. The fourth-order valence-corrected chi connectivity index (χ4v) is 2.64. The molecule has 0 atom stereocenters. The van der Waals surface area contributed by atoms with E-state index in [1.807, 2.05) is 0 Å². The first-order valence-electron chi connectivity index (χ1n) is 5.17. The van der Waals surface area contributed by atoms with Crippen molar-refractivity contribution in [3.8, 4) is 0 Å². The van der Waals surface area contributed by atoms with Gasteiger partial charge in [-0.3, -0.25) is 0 Å². The lowest BCUT2D eigenvalue weighted by molar-refractivity contribution is 0.0691. The minimum Gasteiger partial charge on any atom is -0.476 e. The van der Waals surface area contributed by atoms with Crippen molar-refractivity contribution < 1.29 is 14.6 Å². The predicted octanol–water partition coefficient (Wildman–Crippen LogP) is 1.46. The van der Waals surface area contributed by atoms with E-state index in [2.05, 4.69) is 9.88 Å². The van der Waals surface area contributed by atoms with Crippen molar-refractivity contribution in [3.63, 3.8) is 0 Å². The highest BCUT2D eigenvalue weighted by atomic mass is 32.1. The summed E-state index contributed by atoms with van der Waals surface area (Å²) in [6.07, 6.45) is 2.27. The second-order valence-electron chi connectivity index (χ2n) is 3.74. The highest BCUT2D eigenvalue weighted by molar-refractivity contribution is 7.13. The molecule has 5 nitrogen and oxygen atoms in total. The number of aromatic carboxylic acids is 1. The smallest absolute Gasteiger partial charge is 0.355 e. The molecular formula is C10H14N2O3S. The van der Waals surface area contributed by atoms with Gasteiger partial charge in [0.25, 0.3) is 0 Å². The van der Waals surface area contributed by atoms with Gasteiger partial charge < -0.3 is 14.7 Å². The number of carbonyl (C=O) groups is 1. The lowest BCUT2D eigenvalue weighted by Gasteiger charge is -2.30. The molecule has 1 aromatic heterocycles. The molecule has 1 saturated heterocycles. The SMILES string of the molecule is COC1CCN(c2nc(C(=O)O)cs2)CC1. The van der Waals surface area contributed by atoms with Crippen LogP contribution in [-0.2, 0) is 4.74 Å². The molecular weight excluding hydrogens is 228 g/mol. The molecule has 0 amide bonds. The summed E-state index contributed by atoms with van der Waals surface area (Å²) < 4.78 is 5.28. The zero-order chi connectivity index (χ0) is 11.5. The number of thiazole rings is 1. The number of methoxy groups -OCH3 is 1. The number of anilines is 1. The van der Waals surface area contributed by atoms with Gasteiger partial charge in [0.2, 0.25) is 0 Å². The zero-order valence-electron chi connectivity index (χ0n) is 9.05. The van der Waals surface area contributed by atoms with Crippen LogP contribution in [0.25, 0.3) is 0 Å². The Morgan fingerprint density at radius 2 is 2.31 bits per heavy atom. The van der Waals surface area contributed by atoms with Crippen molar-refractivity contribution >= 4 is 22.4 Å². The summed E-state index contributed by atoms with van der Waals surface area (Å²) in [5, 5.41) is 11.2. The van der Waals surface area contributed by atoms with E-state index in [0.29, 0.717) is 6.10 Å². The molecule has 1 aliphatic rings. The number of hydrogen-bond acceptors (Lipinski definition) is 5. The van der Waals surface area contributed by atoms with Crippen LogP contribution < -0.4 is 4.90 Å². The van der Waals surface area contributed by atoms with Gasteiger partial charge >= 0.3 is 5.97 Å². The fourth-order valence-electron chi connectivity index (χ4n) is 1.79. The molecule has 0 aromatic carbocycles. The third kappa shape index (κ3) is 2.33. The molecule has 2 rings (SSSR count). The van der Waals surface area contributed by atoms with E-state index in [9.17, 15) is 4.79 Å². The van der Waals surface area contributed by atoms with E-state index >= 15 is 0 Å². The van der Waals surface area contributed by atoms with E-state index in [-0.39, 0.29) is 5.69 Å². The number of ether oxygens (including phenoxy) is 1. The first kappa shape index (κ1) is 11.3. The van der Waals surface area contributed by atoms with E-state index < -0.39 is 5.97 Å². The Labute approximate surface area is 97.7 Å². The predicted molar refractivity (Wildman–Crippen MR) is 61.3 cm³/mol. The van der Waals surface area contributed by atoms with Gasteiger partial charge in [-0.2, -0.15) is 0 Å². The summed E-state index contributed by atoms with van der Waals surface area (Å²) >= 11 is 1.39. The molecule has 16 heavy (non-hydrogen) atoms. The highest BCUT2D eigenvalue weighted by Crippen LogP contribution is 2.24. The molecule has 6 heteroatoms. The van der Waals surface area contributed by atoms with Crippen molar-refractivity contribution in [2.75, 3.05) is 25.1 Å². The van der Waals surface area contributed by atoms with Gasteiger partial charge in [-0.15, -0.1) is 11.3 Å². The second-order valence-corrected chi connectivity index (χ2v) is 4.58. The first-order valence-corrected chi connectivity index (χ1v) is 6.05.